The minimum absolute atomic E-state index is 0.161. The third-order valence-corrected chi connectivity index (χ3v) is 5.83. The maximum atomic E-state index is 11.8. The third-order valence-electron chi connectivity index (χ3n) is 5.10. The van der Waals surface area contributed by atoms with Crippen LogP contribution < -0.4 is 10.6 Å². The van der Waals surface area contributed by atoms with E-state index in [4.69, 9.17) is 16.3 Å². The summed E-state index contributed by atoms with van der Waals surface area (Å²) in [5.41, 5.74) is 4.00. The summed E-state index contributed by atoms with van der Waals surface area (Å²) >= 11 is 9.73. The predicted molar refractivity (Wildman–Crippen MR) is 125 cm³/mol. The van der Waals surface area contributed by atoms with Crippen LogP contribution in [0.2, 0.25) is 5.02 Å². The molecule has 0 fully saturated rings. The van der Waals surface area contributed by atoms with Gasteiger partial charge in [-0.05, 0) is 59.7 Å². The highest BCUT2D eigenvalue weighted by Gasteiger charge is 2.26. The monoisotopic (exact) mass is 498 g/mol. The molecule has 0 aromatic heterocycles. The zero-order valence-electron chi connectivity index (χ0n) is 16.6. The Bertz CT molecular complexity index is 1150. The van der Waals surface area contributed by atoms with Gasteiger partial charge >= 0.3 is 5.97 Å². The fourth-order valence-electron chi connectivity index (χ4n) is 3.54. The van der Waals surface area contributed by atoms with Gasteiger partial charge in [0.15, 0.2) is 0 Å². The highest BCUT2D eigenvalue weighted by molar-refractivity contribution is 9.10. The number of esters is 1. The molecule has 158 valence electrons. The fourth-order valence-corrected chi connectivity index (χ4v) is 4.12. The van der Waals surface area contributed by atoms with Crippen molar-refractivity contribution in [2.45, 2.75) is 12.2 Å². The number of hydrogen-bond acceptors (Lipinski definition) is 5. The van der Waals surface area contributed by atoms with E-state index in [9.17, 15) is 9.90 Å². The van der Waals surface area contributed by atoms with Gasteiger partial charge in [-0.2, -0.15) is 0 Å². The zero-order valence-corrected chi connectivity index (χ0v) is 18.9. The third kappa shape index (κ3) is 4.77. The van der Waals surface area contributed by atoms with Gasteiger partial charge in [0.25, 0.3) is 0 Å². The second-order valence-electron chi connectivity index (χ2n) is 7.13. The molecule has 1 aliphatic rings. The normalized spacial score (nSPS) is 18.1. The topological polar surface area (TPSA) is 70.6 Å². The largest absolute Gasteiger partial charge is 0.508 e. The number of ether oxygens (including phenoxy) is 1. The number of methoxy groups -OCH3 is 1. The summed E-state index contributed by atoms with van der Waals surface area (Å²) in [6.45, 7) is 0. The lowest BCUT2D eigenvalue weighted by Crippen LogP contribution is -2.39. The van der Waals surface area contributed by atoms with Gasteiger partial charge in [0, 0.05) is 20.8 Å². The van der Waals surface area contributed by atoms with Crippen molar-refractivity contribution >= 4 is 39.2 Å². The van der Waals surface area contributed by atoms with Gasteiger partial charge in [0.1, 0.15) is 11.9 Å². The van der Waals surface area contributed by atoms with E-state index in [0.29, 0.717) is 16.1 Å². The molecule has 31 heavy (non-hydrogen) atoms. The number of hydrogen-bond donors (Lipinski definition) is 3. The minimum atomic E-state index is -0.382. The van der Waals surface area contributed by atoms with Crippen molar-refractivity contribution in [2.24, 2.45) is 0 Å². The number of carbonyl (C=O) groups excluding carboxylic acids is 1. The van der Waals surface area contributed by atoms with Gasteiger partial charge in [0.05, 0.1) is 18.7 Å². The average molecular weight is 500 g/mol. The summed E-state index contributed by atoms with van der Waals surface area (Å²) in [4.78, 5) is 11.8. The van der Waals surface area contributed by atoms with E-state index >= 15 is 0 Å². The Hall–Kier alpha value is -2.80. The Morgan fingerprint density at radius 3 is 2.58 bits per heavy atom. The molecule has 0 radical (unpaired) electrons. The molecule has 3 aromatic carbocycles. The van der Waals surface area contributed by atoms with E-state index in [1.807, 2.05) is 42.5 Å². The summed E-state index contributed by atoms with van der Waals surface area (Å²) in [5, 5.41) is 18.0. The summed E-state index contributed by atoms with van der Waals surface area (Å²) in [6, 6.07) is 19.9. The van der Waals surface area contributed by atoms with Crippen LogP contribution in [0.25, 0.3) is 5.70 Å². The number of carbonyl (C=O) groups is 1. The maximum Gasteiger partial charge on any atom is 0.337 e. The summed E-state index contributed by atoms with van der Waals surface area (Å²) in [5.74, 6) is -0.221. The average Bonchev–Trinajstić information content (AvgIpc) is 2.80. The molecule has 3 aromatic rings. The van der Waals surface area contributed by atoms with Crippen LogP contribution in [0.15, 0.2) is 77.3 Å². The molecule has 0 bridgehead atoms. The first-order valence-electron chi connectivity index (χ1n) is 9.61. The molecule has 4 rings (SSSR count). The highest BCUT2D eigenvalue weighted by atomic mass is 79.9. The van der Waals surface area contributed by atoms with Gasteiger partial charge in [-0.25, -0.2) is 4.79 Å². The molecule has 0 saturated carbocycles. The molecular formula is C24H20BrClN2O3. The maximum absolute atomic E-state index is 11.8. The Kier molecular flexibility index (Phi) is 6.32. The van der Waals surface area contributed by atoms with Gasteiger partial charge in [-0.3, -0.25) is 5.32 Å². The number of halogens is 2. The first-order chi connectivity index (χ1) is 14.9. The Labute approximate surface area is 193 Å². The van der Waals surface area contributed by atoms with Crippen molar-refractivity contribution in [1.82, 2.24) is 10.6 Å². The van der Waals surface area contributed by atoms with Gasteiger partial charge in [-0.15, -0.1) is 0 Å². The Morgan fingerprint density at radius 2 is 1.87 bits per heavy atom. The molecule has 1 heterocycles. The lowest BCUT2D eigenvalue weighted by molar-refractivity contribution is 0.0600. The molecule has 2 atom stereocenters. The number of rotatable bonds is 4. The van der Waals surface area contributed by atoms with E-state index in [1.165, 1.54) is 7.11 Å². The van der Waals surface area contributed by atoms with E-state index in [2.05, 4.69) is 26.6 Å². The predicted octanol–water partition coefficient (Wildman–Crippen LogP) is 5.57. The molecule has 5 nitrogen and oxygen atoms in total. The molecule has 0 saturated heterocycles. The second-order valence-corrected chi connectivity index (χ2v) is 8.48. The quantitative estimate of drug-likeness (QED) is 0.410. The molecule has 0 spiro atoms. The highest BCUT2D eigenvalue weighted by Crippen LogP contribution is 2.35. The first-order valence-corrected chi connectivity index (χ1v) is 10.8. The molecule has 7 heteroatoms. The van der Waals surface area contributed by atoms with Crippen molar-refractivity contribution in [3.63, 3.8) is 0 Å². The van der Waals surface area contributed by atoms with E-state index in [-0.39, 0.29) is 23.9 Å². The van der Waals surface area contributed by atoms with Crippen LogP contribution in [-0.2, 0) is 4.74 Å². The summed E-state index contributed by atoms with van der Waals surface area (Å²) in [6.07, 6.45) is 1.75. The smallest absolute Gasteiger partial charge is 0.337 e. The van der Waals surface area contributed by atoms with Crippen LogP contribution >= 0.6 is 27.5 Å². The fraction of sp³-hybridized carbons (Fsp3) is 0.125. The summed E-state index contributed by atoms with van der Waals surface area (Å²) < 4.78 is 5.75. The lowest BCUT2D eigenvalue weighted by atomic mass is 9.97. The number of nitrogens with one attached hydrogen (secondary N) is 2. The molecule has 2 unspecified atom stereocenters. The number of benzene rings is 3. The summed E-state index contributed by atoms with van der Waals surface area (Å²) in [7, 11) is 1.36. The second kappa shape index (κ2) is 9.14. The van der Waals surface area contributed by atoms with Crippen molar-refractivity contribution in [3.05, 3.63) is 105 Å². The van der Waals surface area contributed by atoms with Crippen molar-refractivity contribution in [3.8, 4) is 5.75 Å². The molecule has 0 aliphatic carbocycles. The van der Waals surface area contributed by atoms with Crippen LogP contribution in [0.4, 0.5) is 0 Å². The Morgan fingerprint density at radius 1 is 1.10 bits per heavy atom. The van der Waals surface area contributed by atoms with Gasteiger partial charge in [0.2, 0.25) is 0 Å². The molecule has 0 amide bonds. The van der Waals surface area contributed by atoms with E-state index < -0.39 is 0 Å². The van der Waals surface area contributed by atoms with E-state index in [0.717, 1.165) is 21.3 Å². The number of aromatic hydroxyl groups is 1. The standard InChI is InChI=1S/C24H20BrClN2O3/c1-31-24(30)15-7-5-14(6-8-15)23-27-20(16-3-2-4-17(25)11-16)13-21(28-23)19-12-18(26)9-10-22(19)29/h2-13,21,23,27-29H,1H3. The van der Waals surface area contributed by atoms with Crippen LogP contribution in [0.5, 0.6) is 5.75 Å². The van der Waals surface area contributed by atoms with Gasteiger partial charge < -0.3 is 15.2 Å². The SMILES string of the molecule is COC(=O)c1ccc(C2NC(c3cccc(Br)c3)=CC(c3cc(Cl)ccc3O)N2)cc1. The van der Waals surface area contributed by atoms with Gasteiger partial charge in [-0.1, -0.05) is 51.8 Å². The van der Waals surface area contributed by atoms with Crippen LogP contribution in [0, 0.1) is 0 Å². The van der Waals surface area contributed by atoms with Crippen LogP contribution in [0.3, 0.4) is 0 Å². The lowest BCUT2D eigenvalue weighted by Gasteiger charge is -2.33. The molecular weight excluding hydrogens is 480 g/mol. The molecule has 3 N–H and O–H groups in total. The number of phenols is 1. The molecule has 1 aliphatic heterocycles. The first kappa shape index (κ1) is 21.4. The van der Waals surface area contributed by atoms with Crippen molar-refractivity contribution in [1.29, 1.82) is 0 Å². The number of phenolic OH excluding ortho intramolecular Hbond substituents is 1. The van der Waals surface area contributed by atoms with Crippen molar-refractivity contribution in [2.75, 3.05) is 7.11 Å². The minimum Gasteiger partial charge on any atom is -0.508 e. The van der Waals surface area contributed by atoms with E-state index in [1.54, 1.807) is 30.3 Å². The Balaban J connectivity index is 1.73. The zero-order chi connectivity index (χ0) is 22.0. The van der Waals surface area contributed by atoms with Crippen molar-refractivity contribution < 1.29 is 14.6 Å². The van der Waals surface area contributed by atoms with Crippen LogP contribution in [0.1, 0.15) is 39.3 Å². The van der Waals surface area contributed by atoms with Crippen LogP contribution in [-0.4, -0.2) is 18.2 Å².